The van der Waals surface area contributed by atoms with Crippen molar-refractivity contribution in [3.05, 3.63) is 65.7 Å². The van der Waals surface area contributed by atoms with E-state index in [2.05, 4.69) is 27.8 Å². The van der Waals surface area contributed by atoms with Gasteiger partial charge in [-0.3, -0.25) is 9.79 Å². The first kappa shape index (κ1) is 20.9. The highest BCUT2D eigenvalue weighted by molar-refractivity contribution is 8.15. The molecule has 2 aromatic rings. The molecule has 2 N–H and O–H groups in total. The Morgan fingerprint density at radius 3 is 2.57 bits per heavy atom. The highest BCUT2D eigenvalue weighted by atomic mass is 32.2. The Balaban J connectivity index is 1.27. The Bertz CT molecular complexity index is 1040. The highest BCUT2D eigenvalue weighted by Crippen LogP contribution is 2.34. The van der Waals surface area contributed by atoms with Gasteiger partial charge in [-0.25, -0.2) is 8.42 Å². The summed E-state index contributed by atoms with van der Waals surface area (Å²) >= 11 is 1.48. The number of carbonyl (C=O) groups excluding carboxylic acids is 1. The molecule has 4 rings (SSSR count). The van der Waals surface area contributed by atoms with Crippen LogP contribution in [0.5, 0.6) is 0 Å². The SMILES string of the molecule is CC(CCc1ccccc1)NC(=O)c1ccc(NC2=N[C@@H]3CS(=O)(=O)C[C@@H]3S2)cc1. The first-order valence-corrected chi connectivity index (χ1v) is 12.7. The van der Waals surface area contributed by atoms with Crippen molar-refractivity contribution >= 4 is 38.4 Å². The molecule has 2 aromatic carbocycles. The minimum absolute atomic E-state index is 0.0138. The van der Waals surface area contributed by atoms with Gasteiger partial charge in [0.1, 0.15) is 0 Å². The number of carbonyl (C=O) groups is 1. The molecular weight excluding hydrogens is 418 g/mol. The second kappa shape index (κ2) is 8.81. The van der Waals surface area contributed by atoms with Crippen LogP contribution in [0.4, 0.5) is 5.69 Å². The molecule has 0 bridgehead atoms. The number of anilines is 1. The number of aliphatic imine (C=N–C) groups is 1. The monoisotopic (exact) mass is 443 g/mol. The van der Waals surface area contributed by atoms with Gasteiger partial charge >= 0.3 is 0 Å². The summed E-state index contributed by atoms with van der Waals surface area (Å²) in [6.07, 6.45) is 1.80. The molecule has 3 atom stereocenters. The maximum atomic E-state index is 12.5. The number of amides is 1. The quantitative estimate of drug-likeness (QED) is 0.716. The van der Waals surface area contributed by atoms with Crippen molar-refractivity contribution in [3.8, 4) is 0 Å². The Morgan fingerprint density at radius 1 is 1.13 bits per heavy atom. The van der Waals surface area contributed by atoms with Crippen molar-refractivity contribution < 1.29 is 13.2 Å². The number of aryl methyl sites for hydroxylation is 1. The van der Waals surface area contributed by atoms with Crippen LogP contribution < -0.4 is 10.6 Å². The molecule has 1 unspecified atom stereocenters. The van der Waals surface area contributed by atoms with Crippen LogP contribution in [0.3, 0.4) is 0 Å². The molecule has 6 nitrogen and oxygen atoms in total. The minimum Gasteiger partial charge on any atom is -0.350 e. The van der Waals surface area contributed by atoms with Crippen LogP contribution in [0.1, 0.15) is 29.3 Å². The van der Waals surface area contributed by atoms with Gasteiger partial charge in [0.2, 0.25) is 0 Å². The van der Waals surface area contributed by atoms with Gasteiger partial charge in [0.25, 0.3) is 5.91 Å². The zero-order chi connectivity index (χ0) is 21.1. The molecule has 2 aliphatic rings. The molecule has 2 aliphatic heterocycles. The van der Waals surface area contributed by atoms with Crippen LogP contribution in [0.25, 0.3) is 0 Å². The van der Waals surface area contributed by atoms with Gasteiger partial charge in [0, 0.05) is 22.5 Å². The predicted octanol–water partition coefficient (Wildman–Crippen LogP) is 3.12. The van der Waals surface area contributed by atoms with Gasteiger partial charge in [0.15, 0.2) is 15.0 Å². The Hall–Kier alpha value is -2.32. The smallest absolute Gasteiger partial charge is 0.251 e. The molecule has 8 heteroatoms. The number of thioether (sulfide) groups is 1. The normalized spacial score (nSPS) is 22.8. The summed E-state index contributed by atoms with van der Waals surface area (Å²) in [4.78, 5) is 17.0. The van der Waals surface area contributed by atoms with E-state index in [4.69, 9.17) is 0 Å². The fourth-order valence-electron chi connectivity index (χ4n) is 3.65. The van der Waals surface area contributed by atoms with E-state index < -0.39 is 9.84 Å². The van der Waals surface area contributed by atoms with Crippen LogP contribution in [-0.4, -0.2) is 48.3 Å². The summed E-state index contributed by atoms with van der Waals surface area (Å²) in [6, 6.07) is 17.4. The maximum absolute atomic E-state index is 12.5. The van der Waals surface area contributed by atoms with Crippen molar-refractivity contribution in [2.45, 2.75) is 37.1 Å². The largest absolute Gasteiger partial charge is 0.350 e. The minimum atomic E-state index is -2.95. The number of nitrogens with one attached hydrogen (secondary N) is 2. The molecule has 2 heterocycles. The molecule has 1 amide bonds. The molecule has 1 fully saturated rings. The number of fused-ring (bicyclic) bond motifs is 1. The summed E-state index contributed by atoms with van der Waals surface area (Å²) in [5.74, 6) is 0.241. The summed E-state index contributed by atoms with van der Waals surface area (Å²) < 4.78 is 23.3. The van der Waals surface area contributed by atoms with E-state index in [-0.39, 0.29) is 34.7 Å². The van der Waals surface area contributed by atoms with E-state index in [0.29, 0.717) is 5.56 Å². The van der Waals surface area contributed by atoms with Gasteiger partial charge in [-0.05, 0) is 49.6 Å². The molecule has 0 radical (unpaired) electrons. The van der Waals surface area contributed by atoms with Gasteiger partial charge in [-0.2, -0.15) is 0 Å². The van der Waals surface area contributed by atoms with Crippen molar-refractivity contribution in [2.75, 3.05) is 16.8 Å². The number of benzene rings is 2. The van der Waals surface area contributed by atoms with Crippen LogP contribution in [0.15, 0.2) is 59.6 Å². The number of sulfone groups is 1. The predicted molar refractivity (Wildman–Crippen MR) is 123 cm³/mol. The highest BCUT2D eigenvalue weighted by Gasteiger charge is 2.42. The number of hydrogen-bond donors (Lipinski definition) is 2. The lowest BCUT2D eigenvalue weighted by atomic mass is 10.1. The van der Waals surface area contributed by atoms with Crippen LogP contribution in [0, 0.1) is 0 Å². The van der Waals surface area contributed by atoms with E-state index in [1.807, 2.05) is 37.3 Å². The summed E-state index contributed by atoms with van der Waals surface area (Å²) in [6.45, 7) is 2.02. The lowest BCUT2D eigenvalue weighted by molar-refractivity contribution is 0.0938. The number of rotatable bonds is 6. The molecule has 0 spiro atoms. The number of amidine groups is 1. The Kier molecular flexibility index (Phi) is 6.15. The zero-order valence-corrected chi connectivity index (χ0v) is 18.4. The fraction of sp³-hybridized carbons (Fsp3) is 0.364. The summed E-state index contributed by atoms with van der Waals surface area (Å²) in [5.41, 5.74) is 2.71. The number of hydrogen-bond acceptors (Lipinski definition) is 6. The molecule has 30 heavy (non-hydrogen) atoms. The average Bonchev–Trinajstić information content (AvgIpc) is 3.20. The first-order chi connectivity index (χ1) is 14.4. The van der Waals surface area contributed by atoms with Gasteiger partial charge in [-0.15, -0.1) is 0 Å². The standard InChI is InChI=1S/C22H25N3O3S2/c1-15(7-8-16-5-3-2-4-6-16)23-21(26)17-9-11-18(12-10-17)24-22-25-19-13-30(27,28)14-20(19)29-22/h2-6,9-12,15,19-20H,7-8,13-14H2,1H3,(H,23,26)(H,24,25)/t15?,19-,20+/m1/s1. The fourth-order valence-corrected chi connectivity index (χ4v) is 7.33. The second-order valence-electron chi connectivity index (χ2n) is 7.84. The molecule has 158 valence electrons. The van der Waals surface area contributed by atoms with E-state index >= 15 is 0 Å². The lowest BCUT2D eigenvalue weighted by Gasteiger charge is -2.14. The van der Waals surface area contributed by atoms with E-state index in [1.54, 1.807) is 12.1 Å². The van der Waals surface area contributed by atoms with E-state index in [9.17, 15) is 13.2 Å². The van der Waals surface area contributed by atoms with Crippen molar-refractivity contribution in [3.63, 3.8) is 0 Å². The van der Waals surface area contributed by atoms with Gasteiger partial charge < -0.3 is 10.6 Å². The van der Waals surface area contributed by atoms with E-state index in [0.717, 1.165) is 23.7 Å². The van der Waals surface area contributed by atoms with Crippen LogP contribution >= 0.6 is 11.8 Å². The van der Waals surface area contributed by atoms with E-state index in [1.165, 1.54) is 17.3 Å². The van der Waals surface area contributed by atoms with Crippen LogP contribution in [-0.2, 0) is 16.3 Å². The van der Waals surface area contributed by atoms with Crippen LogP contribution in [0.2, 0.25) is 0 Å². The summed E-state index contributed by atoms with van der Waals surface area (Å²) in [7, 11) is -2.95. The topological polar surface area (TPSA) is 87.6 Å². The van der Waals surface area contributed by atoms with Crippen molar-refractivity contribution in [2.24, 2.45) is 4.99 Å². The average molecular weight is 444 g/mol. The molecule has 0 saturated carbocycles. The van der Waals surface area contributed by atoms with Gasteiger partial charge in [-0.1, -0.05) is 42.1 Å². The molecule has 0 aliphatic carbocycles. The molecule has 0 aromatic heterocycles. The third kappa shape index (κ3) is 5.23. The molecule has 1 saturated heterocycles. The lowest BCUT2D eigenvalue weighted by Crippen LogP contribution is -2.32. The zero-order valence-electron chi connectivity index (χ0n) is 16.7. The van der Waals surface area contributed by atoms with Gasteiger partial charge in [0.05, 0.1) is 17.5 Å². The second-order valence-corrected chi connectivity index (χ2v) is 11.2. The Labute approximate surface area is 181 Å². The third-order valence-electron chi connectivity index (χ3n) is 5.30. The first-order valence-electron chi connectivity index (χ1n) is 10.0. The number of nitrogens with zero attached hydrogens (tertiary/aromatic N) is 1. The maximum Gasteiger partial charge on any atom is 0.251 e. The Morgan fingerprint density at radius 2 is 1.87 bits per heavy atom. The third-order valence-corrected chi connectivity index (χ3v) is 8.44. The van der Waals surface area contributed by atoms with Crippen molar-refractivity contribution in [1.82, 2.24) is 5.32 Å². The summed E-state index contributed by atoms with van der Waals surface area (Å²) in [5, 5.41) is 7.03. The van der Waals surface area contributed by atoms with Crippen molar-refractivity contribution in [1.29, 1.82) is 0 Å². The molecular formula is C22H25N3O3S2.